The van der Waals surface area contributed by atoms with Crippen molar-refractivity contribution in [1.82, 2.24) is 4.90 Å². The summed E-state index contributed by atoms with van der Waals surface area (Å²) in [4.78, 5) is 29.6. The highest BCUT2D eigenvalue weighted by Crippen LogP contribution is 2.32. The Labute approximate surface area is 230 Å². The highest BCUT2D eigenvalue weighted by molar-refractivity contribution is 6.35. The predicted octanol–water partition coefficient (Wildman–Crippen LogP) is 6.48. The van der Waals surface area contributed by atoms with Crippen LogP contribution in [-0.2, 0) is 0 Å². The number of amides is 2. The number of nitrogens with one attached hydrogen (secondary N) is 1. The fourth-order valence-electron chi connectivity index (χ4n) is 4.32. The van der Waals surface area contributed by atoms with E-state index in [0.29, 0.717) is 45.7 Å². The molecule has 1 aliphatic heterocycles. The van der Waals surface area contributed by atoms with Crippen LogP contribution in [0.1, 0.15) is 20.9 Å². The summed E-state index contributed by atoms with van der Waals surface area (Å²) in [5, 5.41) is 3.86. The number of rotatable bonds is 6. The fourth-order valence-corrected chi connectivity index (χ4v) is 4.71. The van der Waals surface area contributed by atoms with E-state index in [1.165, 1.54) is 0 Å². The molecule has 0 atom stereocenters. The van der Waals surface area contributed by atoms with Gasteiger partial charge < -0.3 is 24.3 Å². The highest BCUT2D eigenvalue weighted by atomic mass is 35.5. The SMILES string of the molecule is COc1ccc(C(=O)N2CCN(c3ccc(NC(=O)c4ccc(-c5cc(Cl)ccc5Cl)o4)cc3)CC2)cc1. The molecule has 1 saturated heterocycles. The number of hydrogen-bond donors (Lipinski definition) is 1. The largest absolute Gasteiger partial charge is 0.497 e. The maximum absolute atomic E-state index is 12.8. The zero-order chi connectivity index (χ0) is 26.6. The fraction of sp³-hybridized carbons (Fsp3) is 0.172. The Morgan fingerprint density at radius 2 is 1.58 bits per heavy atom. The van der Waals surface area contributed by atoms with Crippen LogP contribution < -0.4 is 15.0 Å². The molecule has 1 aromatic heterocycles. The number of carbonyl (C=O) groups is 2. The van der Waals surface area contributed by atoms with Crippen molar-refractivity contribution < 1.29 is 18.7 Å². The molecule has 194 valence electrons. The number of benzene rings is 3. The molecule has 1 aliphatic rings. The summed E-state index contributed by atoms with van der Waals surface area (Å²) in [6.07, 6.45) is 0. The van der Waals surface area contributed by atoms with Crippen LogP contribution in [0.15, 0.2) is 83.3 Å². The molecule has 4 aromatic rings. The first-order valence-corrected chi connectivity index (χ1v) is 12.8. The number of hydrogen-bond acceptors (Lipinski definition) is 5. The third-order valence-electron chi connectivity index (χ3n) is 6.42. The minimum absolute atomic E-state index is 0.0177. The van der Waals surface area contributed by atoms with Gasteiger partial charge in [0.2, 0.25) is 0 Å². The van der Waals surface area contributed by atoms with Crippen LogP contribution >= 0.6 is 23.2 Å². The average Bonchev–Trinajstić information content (AvgIpc) is 3.45. The van der Waals surface area contributed by atoms with Gasteiger partial charge in [-0.25, -0.2) is 0 Å². The normalized spacial score (nSPS) is 13.3. The van der Waals surface area contributed by atoms with E-state index in [2.05, 4.69) is 10.2 Å². The molecule has 9 heteroatoms. The molecule has 1 fully saturated rings. The lowest BCUT2D eigenvalue weighted by Gasteiger charge is -2.36. The maximum atomic E-state index is 12.8. The second kappa shape index (κ2) is 11.2. The molecule has 38 heavy (non-hydrogen) atoms. The number of piperazine rings is 1. The standard InChI is InChI=1S/C29H25Cl2N3O4/c1-37-23-9-2-19(3-10-23)29(36)34-16-14-33(15-17-34)22-7-5-21(6-8-22)32-28(35)27-13-12-26(38-27)24-18-20(30)4-11-25(24)31/h2-13,18H,14-17H2,1H3,(H,32,35). The molecule has 0 saturated carbocycles. The summed E-state index contributed by atoms with van der Waals surface area (Å²) in [6.45, 7) is 2.69. The van der Waals surface area contributed by atoms with Crippen molar-refractivity contribution in [3.8, 4) is 17.1 Å². The molecule has 2 heterocycles. The van der Waals surface area contributed by atoms with Gasteiger partial charge in [0.05, 0.1) is 12.1 Å². The van der Waals surface area contributed by atoms with E-state index in [1.54, 1.807) is 61.7 Å². The number of methoxy groups -OCH3 is 1. The van der Waals surface area contributed by atoms with Crippen LogP contribution in [0, 0.1) is 0 Å². The van der Waals surface area contributed by atoms with Crippen LogP contribution in [0.2, 0.25) is 10.0 Å². The number of nitrogens with zero attached hydrogens (tertiary/aromatic N) is 2. The van der Waals surface area contributed by atoms with Crippen molar-refractivity contribution in [2.75, 3.05) is 43.5 Å². The lowest BCUT2D eigenvalue weighted by molar-refractivity contribution is 0.0746. The zero-order valence-electron chi connectivity index (χ0n) is 20.6. The molecule has 5 rings (SSSR count). The van der Waals surface area contributed by atoms with E-state index in [0.717, 1.165) is 24.5 Å². The van der Waals surface area contributed by atoms with Crippen molar-refractivity contribution in [2.24, 2.45) is 0 Å². The number of ether oxygens (including phenoxy) is 1. The Hall–Kier alpha value is -3.94. The van der Waals surface area contributed by atoms with Crippen LogP contribution in [0.3, 0.4) is 0 Å². The number of carbonyl (C=O) groups excluding carboxylic acids is 2. The van der Waals surface area contributed by atoms with Gasteiger partial charge in [-0.3, -0.25) is 9.59 Å². The Kier molecular flexibility index (Phi) is 7.58. The lowest BCUT2D eigenvalue weighted by Crippen LogP contribution is -2.48. The van der Waals surface area contributed by atoms with Gasteiger partial charge in [-0.05, 0) is 78.9 Å². The third kappa shape index (κ3) is 5.64. The molecule has 3 aromatic carbocycles. The molecule has 0 radical (unpaired) electrons. The minimum Gasteiger partial charge on any atom is -0.497 e. The van der Waals surface area contributed by atoms with Crippen LogP contribution in [0.25, 0.3) is 11.3 Å². The van der Waals surface area contributed by atoms with Gasteiger partial charge in [0.1, 0.15) is 11.5 Å². The maximum Gasteiger partial charge on any atom is 0.291 e. The van der Waals surface area contributed by atoms with Crippen molar-refractivity contribution in [3.63, 3.8) is 0 Å². The average molecular weight is 550 g/mol. The van der Waals surface area contributed by atoms with Gasteiger partial charge in [-0.15, -0.1) is 0 Å². The number of furan rings is 1. The van der Waals surface area contributed by atoms with Crippen LogP contribution in [0.5, 0.6) is 5.75 Å². The summed E-state index contributed by atoms with van der Waals surface area (Å²) in [6, 6.07) is 23.1. The van der Waals surface area contributed by atoms with E-state index < -0.39 is 0 Å². The van der Waals surface area contributed by atoms with Gasteiger partial charge in [-0.2, -0.15) is 0 Å². The van der Waals surface area contributed by atoms with Gasteiger partial charge in [0.25, 0.3) is 11.8 Å². The van der Waals surface area contributed by atoms with E-state index >= 15 is 0 Å². The predicted molar refractivity (Wildman–Crippen MR) is 150 cm³/mol. The first kappa shape index (κ1) is 25.7. The van der Waals surface area contributed by atoms with Crippen molar-refractivity contribution in [2.45, 2.75) is 0 Å². The van der Waals surface area contributed by atoms with E-state index in [4.69, 9.17) is 32.4 Å². The lowest BCUT2D eigenvalue weighted by atomic mass is 10.1. The molecule has 0 bridgehead atoms. The number of anilines is 2. The first-order chi connectivity index (χ1) is 18.4. The third-order valence-corrected chi connectivity index (χ3v) is 6.98. The molecule has 7 nitrogen and oxygen atoms in total. The highest BCUT2D eigenvalue weighted by Gasteiger charge is 2.22. The Morgan fingerprint density at radius 1 is 0.868 bits per heavy atom. The molecular weight excluding hydrogens is 525 g/mol. The quantitative estimate of drug-likeness (QED) is 0.298. The topological polar surface area (TPSA) is 75.0 Å². The number of halogens is 2. The van der Waals surface area contributed by atoms with E-state index in [9.17, 15) is 9.59 Å². The van der Waals surface area contributed by atoms with E-state index in [1.807, 2.05) is 29.2 Å². The molecule has 1 N–H and O–H groups in total. The molecule has 0 spiro atoms. The second-order valence-corrected chi connectivity index (χ2v) is 9.64. The van der Waals surface area contributed by atoms with Gasteiger partial charge in [0.15, 0.2) is 5.76 Å². The van der Waals surface area contributed by atoms with Crippen molar-refractivity contribution in [3.05, 3.63) is 100 Å². The van der Waals surface area contributed by atoms with Gasteiger partial charge >= 0.3 is 0 Å². The van der Waals surface area contributed by atoms with Gasteiger partial charge in [0, 0.05) is 53.7 Å². The molecule has 2 amide bonds. The summed E-state index contributed by atoms with van der Waals surface area (Å²) >= 11 is 12.3. The van der Waals surface area contributed by atoms with Crippen LogP contribution in [0.4, 0.5) is 11.4 Å². The Balaban J connectivity index is 1.17. The summed E-state index contributed by atoms with van der Waals surface area (Å²) in [5.41, 5.74) is 2.94. The Morgan fingerprint density at radius 3 is 2.26 bits per heavy atom. The smallest absolute Gasteiger partial charge is 0.291 e. The van der Waals surface area contributed by atoms with E-state index in [-0.39, 0.29) is 17.6 Å². The summed E-state index contributed by atoms with van der Waals surface area (Å²) in [7, 11) is 1.60. The van der Waals surface area contributed by atoms with Crippen molar-refractivity contribution >= 4 is 46.4 Å². The monoisotopic (exact) mass is 549 g/mol. The molecular formula is C29H25Cl2N3O4. The minimum atomic E-state index is -0.368. The van der Waals surface area contributed by atoms with Gasteiger partial charge in [-0.1, -0.05) is 23.2 Å². The molecule has 0 aliphatic carbocycles. The Bertz CT molecular complexity index is 1440. The second-order valence-electron chi connectivity index (χ2n) is 8.80. The summed E-state index contributed by atoms with van der Waals surface area (Å²) in [5.74, 6) is 1.000. The van der Waals surface area contributed by atoms with Crippen LogP contribution in [-0.4, -0.2) is 50.0 Å². The summed E-state index contributed by atoms with van der Waals surface area (Å²) < 4.78 is 10.9. The first-order valence-electron chi connectivity index (χ1n) is 12.1. The zero-order valence-corrected chi connectivity index (χ0v) is 22.1. The van der Waals surface area contributed by atoms with Crippen molar-refractivity contribution in [1.29, 1.82) is 0 Å². The molecule has 0 unspecified atom stereocenters.